The molecule has 3 N–H and O–H groups in total. The average molecular weight is 559 g/mol. The lowest BCUT2D eigenvalue weighted by atomic mass is 10.1. The van der Waals surface area contributed by atoms with Crippen LogP contribution in [0.25, 0.3) is 0 Å². The first-order valence-corrected chi connectivity index (χ1v) is 14.1. The largest absolute Gasteiger partial charge is 0.478 e. The van der Waals surface area contributed by atoms with E-state index in [1.54, 1.807) is 35.7 Å². The molecule has 4 rings (SSSR count). The number of carboxylic acid groups (broad SMARTS) is 1. The summed E-state index contributed by atoms with van der Waals surface area (Å²) in [6, 6.07) is 23.3. The molecule has 0 bridgehead atoms. The van der Waals surface area contributed by atoms with Crippen LogP contribution in [-0.2, 0) is 14.8 Å². The number of carboxylic acids is 1. The Balaban J connectivity index is 1.54. The number of amides is 1. The molecule has 184 valence electrons. The Labute approximate surface area is 221 Å². The molecule has 11 heteroatoms. The second kappa shape index (κ2) is 11.2. The van der Waals surface area contributed by atoms with Gasteiger partial charge in [0.15, 0.2) is 0 Å². The van der Waals surface area contributed by atoms with Crippen LogP contribution in [0.5, 0.6) is 0 Å². The number of halogens is 1. The normalized spacial score (nSPS) is 12.0. The highest BCUT2D eigenvalue weighted by Gasteiger charge is 2.23. The van der Waals surface area contributed by atoms with Gasteiger partial charge < -0.3 is 10.4 Å². The van der Waals surface area contributed by atoms with Gasteiger partial charge in [0.2, 0.25) is 5.91 Å². The van der Waals surface area contributed by atoms with Crippen LogP contribution in [0.4, 0.5) is 11.4 Å². The van der Waals surface area contributed by atoms with Gasteiger partial charge in [-0.1, -0.05) is 48.0 Å². The lowest BCUT2D eigenvalue weighted by molar-refractivity contribution is -0.115. The van der Waals surface area contributed by atoms with Gasteiger partial charge in [-0.25, -0.2) is 13.2 Å². The average Bonchev–Trinajstić information content (AvgIpc) is 3.41. The molecule has 0 aliphatic rings. The zero-order valence-electron chi connectivity index (χ0n) is 18.4. The number of aromatic carboxylic acids is 1. The number of thioether (sulfide) groups is 1. The molecular weight excluding hydrogens is 540 g/mol. The molecule has 0 saturated heterocycles. The van der Waals surface area contributed by atoms with Crippen molar-refractivity contribution in [2.75, 3.05) is 10.0 Å². The van der Waals surface area contributed by atoms with Gasteiger partial charge >= 0.3 is 5.97 Å². The van der Waals surface area contributed by atoms with Gasteiger partial charge in [-0.2, -0.15) is 0 Å². The summed E-state index contributed by atoms with van der Waals surface area (Å²) in [6.45, 7) is 0. The first-order valence-electron chi connectivity index (χ1n) is 10.4. The smallest absolute Gasteiger partial charge is 0.337 e. The van der Waals surface area contributed by atoms with Crippen molar-refractivity contribution in [1.29, 1.82) is 0 Å². The molecule has 0 radical (unpaired) electrons. The Morgan fingerprint density at radius 1 is 0.917 bits per heavy atom. The van der Waals surface area contributed by atoms with E-state index in [2.05, 4.69) is 10.0 Å². The second-order valence-electron chi connectivity index (χ2n) is 7.46. The van der Waals surface area contributed by atoms with Crippen molar-refractivity contribution in [3.63, 3.8) is 0 Å². The molecule has 0 fully saturated rings. The van der Waals surface area contributed by atoms with E-state index < -0.39 is 21.2 Å². The number of hydrogen-bond acceptors (Lipinski definition) is 6. The molecule has 1 heterocycles. The topological polar surface area (TPSA) is 113 Å². The first-order chi connectivity index (χ1) is 17.2. The fourth-order valence-corrected chi connectivity index (χ4v) is 6.51. The minimum absolute atomic E-state index is 0.0734. The zero-order valence-corrected chi connectivity index (χ0v) is 21.6. The predicted octanol–water partition coefficient (Wildman–Crippen LogP) is 6.37. The number of carbonyl (C=O) groups excluding carboxylic acids is 1. The van der Waals surface area contributed by atoms with Crippen LogP contribution in [0.2, 0.25) is 5.02 Å². The molecule has 3 aromatic carbocycles. The maximum Gasteiger partial charge on any atom is 0.337 e. The third-order valence-electron chi connectivity index (χ3n) is 4.93. The molecule has 4 aromatic rings. The van der Waals surface area contributed by atoms with Crippen molar-refractivity contribution >= 4 is 68.0 Å². The number of benzene rings is 3. The highest BCUT2D eigenvalue weighted by molar-refractivity contribution is 8.00. The maximum atomic E-state index is 13.3. The van der Waals surface area contributed by atoms with Gasteiger partial charge in [0.05, 0.1) is 10.6 Å². The van der Waals surface area contributed by atoms with E-state index in [4.69, 9.17) is 11.6 Å². The van der Waals surface area contributed by atoms with E-state index in [-0.39, 0.29) is 20.7 Å². The summed E-state index contributed by atoms with van der Waals surface area (Å²) in [4.78, 5) is 25.4. The SMILES string of the molecule is O=C(O)c1cc(NC(=O)C(Sc2ccc(NS(=O)(=O)c3cccs3)cc2)c2ccccc2)ccc1Cl. The molecule has 1 unspecified atom stereocenters. The fourth-order valence-electron chi connectivity index (χ4n) is 3.23. The van der Waals surface area contributed by atoms with E-state index in [9.17, 15) is 23.1 Å². The van der Waals surface area contributed by atoms with Gasteiger partial charge in [0, 0.05) is 16.3 Å². The van der Waals surface area contributed by atoms with E-state index in [0.29, 0.717) is 11.4 Å². The summed E-state index contributed by atoms with van der Waals surface area (Å²) in [5.41, 5.74) is 1.34. The van der Waals surface area contributed by atoms with E-state index in [1.807, 2.05) is 30.3 Å². The summed E-state index contributed by atoms with van der Waals surface area (Å²) >= 11 is 8.34. The second-order valence-corrected chi connectivity index (χ2v) is 11.9. The standard InChI is InChI=1S/C25H19ClN2O5S3/c26-21-13-10-18(15-20(21)25(30)31)27-24(29)23(16-5-2-1-3-6-16)35-19-11-8-17(9-12-19)28-36(32,33)22-7-4-14-34-22/h1-15,23,28H,(H,27,29)(H,30,31). The Morgan fingerprint density at radius 2 is 1.61 bits per heavy atom. The van der Waals surface area contributed by atoms with Crippen molar-refractivity contribution in [1.82, 2.24) is 0 Å². The molecule has 0 aliphatic heterocycles. The lowest BCUT2D eigenvalue weighted by Crippen LogP contribution is -2.19. The van der Waals surface area contributed by atoms with Crippen molar-refractivity contribution in [3.05, 3.63) is 106 Å². The van der Waals surface area contributed by atoms with Crippen molar-refractivity contribution < 1.29 is 23.1 Å². The molecule has 0 saturated carbocycles. The number of thiophene rings is 1. The van der Waals surface area contributed by atoms with Crippen LogP contribution < -0.4 is 10.0 Å². The highest BCUT2D eigenvalue weighted by atomic mass is 35.5. The summed E-state index contributed by atoms with van der Waals surface area (Å²) < 4.78 is 27.7. The summed E-state index contributed by atoms with van der Waals surface area (Å²) in [5, 5.41) is 13.2. The maximum absolute atomic E-state index is 13.3. The van der Waals surface area contributed by atoms with Gasteiger partial charge in [-0.3, -0.25) is 9.52 Å². The molecular formula is C25H19ClN2O5S3. The Hall–Kier alpha value is -3.31. The number of sulfonamides is 1. The van der Waals surface area contributed by atoms with E-state index >= 15 is 0 Å². The monoisotopic (exact) mass is 558 g/mol. The molecule has 7 nitrogen and oxygen atoms in total. The van der Waals surface area contributed by atoms with Crippen LogP contribution in [0, 0.1) is 0 Å². The summed E-state index contributed by atoms with van der Waals surface area (Å²) in [6.07, 6.45) is 0. The Kier molecular flexibility index (Phi) is 8.00. The predicted molar refractivity (Wildman–Crippen MR) is 144 cm³/mol. The minimum atomic E-state index is -3.66. The molecule has 0 spiro atoms. The van der Waals surface area contributed by atoms with Crippen LogP contribution in [0.15, 0.2) is 99.4 Å². The molecule has 1 amide bonds. The van der Waals surface area contributed by atoms with Crippen LogP contribution >= 0.6 is 34.7 Å². The van der Waals surface area contributed by atoms with Crippen LogP contribution in [0.1, 0.15) is 21.2 Å². The highest BCUT2D eigenvalue weighted by Crippen LogP contribution is 2.37. The molecule has 0 aliphatic carbocycles. The molecule has 1 aromatic heterocycles. The Bertz CT molecular complexity index is 1480. The van der Waals surface area contributed by atoms with Crippen LogP contribution in [0.3, 0.4) is 0 Å². The summed E-state index contributed by atoms with van der Waals surface area (Å²) in [7, 11) is -3.66. The number of nitrogens with one attached hydrogen (secondary N) is 2. The number of hydrogen-bond donors (Lipinski definition) is 3. The molecule has 36 heavy (non-hydrogen) atoms. The number of carbonyl (C=O) groups is 2. The van der Waals surface area contributed by atoms with Gasteiger partial charge in [0.25, 0.3) is 10.0 Å². The van der Waals surface area contributed by atoms with Crippen molar-refractivity contribution in [2.24, 2.45) is 0 Å². The van der Waals surface area contributed by atoms with Gasteiger partial charge in [-0.15, -0.1) is 23.1 Å². The van der Waals surface area contributed by atoms with Gasteiger partial charge in [0.1, 0.15) is 9.46 Å². The third kappa shape index (κ3) is 6.27. The number of anilines is 2. The van der Waals surface area contributed by atoms with Crippen LogP contribution in [-0.4, -0.2) is 25.4 Å². The fraction of sp³-hybridized carbons (Fsp3) is 0.0400. The van der Waals surface area contributed by atoms with Crippen molar-refractivity contribution in [2.45, 2.75) is 14.4 Å². The van der Waals surface area contributed by atoms with E-state index in [0.717, 1.165) is 21.8 Å². The first kappa shape index (κ1) is 25.8. The zero-order chi connectivity index (χ0) is 25.7. The quantitative estimate of drug-likeness (QED) is 0.206. The van der Waals surface area contributed by atoms with Crippen molar-refractivity contribution in [3.8, 4) is 0 Å². The molecule has 1 atom stereocenters. The lowest BCUT2D eigenvalue weighted by Gasteiger charge is -2.18. The van der Waals surface area contributed by atoms with E-state index in [1.165, 1.54) is 36.0 Å². The summed E-state index contributed by atoms with van der Waals surface area (Å²) in [5.74, 6) is -1.55. The number of rotatable bonds is 9. The Morgan fingerprint density at radius 3 is 2.25 bits per heavy atom. The van der Waals surface area contributed by atoms with Gasteiger partial charge in [-0.05, 0) is 59.5 Å². The third-order valence-corrected chi connectivity index (χ3v) is 9.30. The minimum Gasteiger partial charge on any atom is -0.478 e.